The van der Waals surface area contributed by atoms with E-state index in [1.54, 1.807) is 24.3 Å². The van der Waals surface area contributed by atoms with Crippen molar-refractivity contribution in [3.05, 3.63) is 59.2 Å². The molecule has 4 nitrogen and oxygen atoms in total. The van der Waals surface area contributed by atoms with Crippen LogP contribution in [0.2, 0.25) is 0 Å². The quantitative estimate of drug-likeness (QED) is 0.768. The van der Waals surface area contributed by atoms with Crippen LogP contribution in [0.5, 0.6) is 5.75 Å². The highest BCUT2D eigenvalue weighted by atomic mass is 32.2. The Kier molecular flexibility index (Phi) is 4.98. The molecule has 0 unspecified atom stereocenters. The zero-order valence-corrected chi connectivity index (χ0v) is 13.4. The number of benzene rings is 2. The van der Waals surface area contributed by atoms with Crippen molar-refractivity contribution >= 4 is 16.1 Å². The highest BCUT2D eigenvalue weighted by molar-refractivity contribution is 7.90. The minimum atomic E-state index is -3.23. The van der Waals surface area contributed by atoms with Crippen LogP contribution in [0.15, 0.2) is 47.4 Å². The lowest BCUT2D eigenvalue weighted by Gasteiger charge is -2.09. The Morgan fingerprint density at radius 1 is 1.05 bits per heavy atom. The third-order valence-electron chi connectivity index (χ3n) is 3.19. The zero-order valence-electron chi connectivity index (χ0n) is 12.6. The van der Waals surface area contributed by atoms with E-state index in [1.807, 2.05) is 25.1 Å². The molecule has 0 aromatic heterocycles. The first-order chi connectivity index (χ1) is 10.4. The van der Waals surface area contributed by atoms with Crippen LogP contribution in [0.25, 0.3) is 0 Å². The zero-order chi connectivity index (χ0) is 16.2. The first kappa shape index (κ1) is 16.2. The maximum atomic E-state index is 11.6. The third-order valence-corrected chi connectivity index (χ3v) is 4.28. The van der Waals surface area contributed by atoms with E-state index in [0.29, 0.717) is 17.1 Å². The van der Waals surface area contributed by atoms with Gasteiger partial charge >= 0.3 is 0 Å². The van der Waals surface area contributed by atoms with Crippen molar-refractivity contribution in [2.24, 2.45) is 0 Å². The van der Waals surface area contributed by atoms with Gasteiger partial charge in [-0.3, -0.25) is 0 Å². The van der Waals surface area contributed by atoms with Gasteiger partial charge in [-0.2, -0.15) is 0 Å². The molecule has 22 heavy (non-hydrogen) atoms. The summed E-state index contributed by atoms with van der Waals surface area (Å²) >= 11 is 0. The van der Waals surface area contributed by atoms with E-state index in [-0.39, 0.29) is 6.61 Å². The summed E-state index contributed by atoms with van der Waals surface area (Å²) in [6, 6.07) is 12.4. The van der Waals surface area contributed by atoms with Crippen LogP contribution in [0, 0.1) is 6.92 Å². The van der Waals surface area contributed by atoms with Crippen molar-refractivity contribution in [3.8, 4) is 5.75 Å². The monoisotopic (exact) mass is 318 g/mol. The van der Waals surface area contributed by atoms with E-state index in [1.165, 1.54) is 6.26 Å². The minimum absolute atomic E-state index is 0.289. The van der Waals surface area contributed by atoms with Gasteiger partial charge in [0.05, 0.1) is 4.90 Å². The summed E-state index contributed by atoms with van der Waals surface area (Å²) in [7, 11) is -3.23. The molecule has 0 fully saturated rings. The van der Waals surface area contributed by atoms with E-state index in [9.17, 15) is 13.2 Å². The second-order valence-corrected chi connectivity index (χ2v) is 7.25. The maximum Gasteiger partial charge on any atom is 0.175 e. The van der Waals surface area contributed by atoms with E-state index in [4.69, 9.17) is 4.74 Å². The van der Waals surface area contributed by atoms with E-state index < -0.39 is 9.84 Å². The molecule has 0 N–H and O–H groups in total. The number of carbonyl (C=O) groups excluding carboxylic acids is 1. The van der Waals surface area contributed by atoms with Crippen molar-refractivity contribution in [3.63, 3.8) is 0 Å². The highest BCUT2D eigenvalue weighted by Crippen LogP contribution is 2.18. The van der Waals surface area contributed by atoms with Gasteiger partial charge in [0.1, 0.15) is 18.6 Å². The lowest BCUT2D eigenvalue weighted by atomic mass is 10.1. The van der Waals surface area contributed by atoms with Gasteiger partial charge in [-0.15, -0.1) is 0 Å². The molecule has 0 amide bonds. The predicted molar refractivity (Wildman–Crippen MR) is 84.8 cm³/mol. The summed E-state index contributed by atoms with van der Waals surface area (Å²) < 4.78 is 28.9. The second-order valence-electron chi connectivity index (χ2n) is 5.23. The highest BCUT2D eigenvalue weighted by Gasteiger charge is 2.09. The van der Waals surface area contributed by atoms with Crippen LogP contribution in [-0.4, -0.2) is 21.0 Å². The Morgan fingerprint density at radius 3 is 2.32 bits per heavy atom. The summed E-state index contributed by atoms with van der Waals surface area (Å²) in [5.41, 5.74) is 2.61. The lowest BCUT2D eigenvalue weighted by molar-refractivity contribution is -0.107. The van der Waals surface area contributed by atoms with Crippen molar-refractivity contribution in [1.82, 2.24) is 0 Å². The first-order valence-corrected chi connectivity index (χ1v) is 8.73. The molecule has 2 aromatic carbocycles. The van der Waals surface area contributed by atoms with Gasteiger partial charge in [0.15, 0.2) is 9.84 Å². The average molecular weight is 318 g/mol. The SMILES string of the molecule is Cc1cc(COc2ccc(CC=O)cc2)cc(S(C)(=O)=O)c1. The molecule has 116 valence electrons. The topological polar surface area (TPSA) is 60.4 Å². The average Bonchev–Trinajstić information content (AvgIpc) is 2.45. The summed E-state index contributed by atoms with van der Waals surface area (Å²) in [5.74, 6) is 0.678. The molecule has 0 radical (unpaired) electrons. The van der Waals surface area contributed by atoms with Crippen molar-refractivity contribution < 1.29 is 17.9 Å². The Labute approximate surface area is 130 Å². The molecule has 0 aliphatic heterocycles. The minimum Gasteiger partial charge on any atom is -0.489 e. The Balaban J connectivity index is 2.11. The maximum absolute atomic E-state index is 11.6. The third kappa shape index (κ3) is 4.43. The molecule has 5 heteroatoms. The molecule has 0 heterocycles. The number of aryl methyl sites for hydroxylation is 1. The van der Waals surface area contributed by atoms with Crippen molar-refractivity contribution in [2.75, 3.05) is 6.26 Å². The van der Waals surface area contributed by atoms with Gasteiger partial charge in [-0.1, -0.05) is 18.2 Å². The largest absolute Gasteiger partial charge is 0.489 e. The van der Waals surface area contributed by atoms with Gasteiger partial charge in [-0.05, 0) is 47.9 Å². The number of aldehydes is 1. The lowest BCUT2D eigenvalue weighted by Crippen LogP contribution is -2.02. The van der Waals surface area contributed by atoms with Crippen LogP contribution in [-0.2, 0) is 27.7 Å². The Bertz CT molecular complexity index is 762. The van der Waals surface area contributed by atoms with Gasteiger partial charge in [0, 0.05) is 12.7 Å². The summed E-state index contributed by atoms with van der Waals surface area (Å²) in [5, 5.41) is 0. The van der Waals surface area contributed by atoms with Gasteiger partial charge in [0.25, 0.3) is 0 Å². The number of ether oxygens (including phenoxy) is 1. The predicted octanol–water partition coefficient (Wildman–Crippen LogP) is 2.72. The van der Waals surface area contributed by atoms with Crippen LogP contribution < -0.4 is 4.74 Å². The molecule has 0 atom stereocenters. The van der Waals surface area contributed by atoms with E-state index >= 15 is 0 Å². The van der Waals surface area contributed by atoms with Crippen LogP contribution in [0.1, 0.15) is 16.7 Å². The number of carbonyl (C=O) groups is 1. The number of hydrogen-bond donors (Lipinski definition) is 0. The fraction of sp³-hybridized carbons (Fsp3) is 0.235. The standard InChI is InChI=1S/C17H18O4S/c1-13-9-15(11-17(10-13)22(2,19)20)12-21-16-5-3-14(4-6-16)7-8-18/h3-6,8-11H,7,12H2,1-2H3. The Morgan fingerprint density at radius 2 is 1.73 bits per heavy atom. The van der Waals surface area contributed by atoms with Gasteiger partial charge < -0.3 is 9.53 Å². The first-order valence-electron chi connectivity index (χ1n) is 6.84. The number of sulfone groups is 1. The van der Waals surface area contributed by atoms with E-state index in [0.717, 1.165) is 23.0 Å². The van der Waals surface area contributed by atoms with Crippen LogP contribution in [0.4, 0.5) is 0 Å². The summed E-state index contributed by atoms with van der Waals surface area (Å²) in [6.45, 7) is 2.14. The molecule has 0 saturated carbocycles. The molecule has 0 saturated heterocycles. The number of rotatable bonds is 6. The molecule has 2 aromatic rings. The Hall–Kier alpha value is -2.14. The second kappa shape index (κ2) is 6.75. The fourth-order valence-corrected chi connectivity index (χ4v) is 2.87. The molecule has 0 spiro atoms. The summed E-state index contributed by atoms with van der Waals surface area (Å²) in [4.78, 5) is 10.7. The van der Waals surface area contributed by atoms with Crippen molar-refractivity contribution in [1.29, 1.82) is 0 Å². The number of hydrogen-bond acceptors (Lipinski definition) is 4. The van der Waals surface area contributed by atoms with Gasteiger partial charge in [-0.25, -0.2) is 8.42 Å². The molecule has 0 bridgehead atoms. The summed E-state index contributed by atoms with van der Waals surface area (Å²) in [6.07, 6.45) is 2.43. The molecular weight excluding hydrogens is 300 g/mol. The molecular formula is C17H18O4S. The van der Waals surface area contributed by atoms with Crippen LogP contribution >= 0.6 is 0 Å². The smallest absolute Gasteiger partial charge is 0.175 e. The fourth-order valence-electron chi connectivity index (χ4n) is 2.11. The van der Waals surface area contributed by atoms with Crippen molar-refractivity contribution in [2.45, 2.75) is 24.8 Å². The molecule has 2 rings (SSSR count). The van der Waals surface area contributed by atoms with E-state index in [2.05, 4.69) is 0 Å². The molecule has 0 aliphatic rings. The van der Waals surface area contributed by atoms with Crippen LogP contribution in [0.3, 0.4) is 0 Å². The molecule has 0 aliphatic carbocycles. The normalized spacial score (nSPS) is 11.2. The van der Waals surface area contributed by atoms with Gasteiger partial charge in [0.2, 0.25) is 0 Å².